The Kier molecular flexibility index (Phi) is 9.00. The molecular weight excluding hydrogens is 302 g/mol. The van der Waals surface area contributed by atoms with Gasteiger partial charge in [-0.25, -0.2) is 9.78 Å². The maximum Gasteiger partial charge on any atom is 0.362 e. The molecule has 23 heavy (non-hydrogen) atoms. The fourth-order valence-corrected chi connectivity index (χ4v) is 1.85. The normalized spacial score (nSPS) is 12.0. The maximum absolute atomic E-state index is 12.0. The summed E-state index contributed by atoms with van der Waals surface area (Å²) in [7, 11) is 3.12. The summed E-state index contributed by atoms with van der Waals surface area (Å²) in [6.45, 7) is 1.53. The highest BCUT2D eigenvalue weighted by Gasteiger charge is 2.17. The average Bonchev–Trinajstić information content (AvgIpc) is 2.58. The largest absolute Gasteiger partial charge is 0.626 e. The summed E-state index contributed by atoms with van der Waals surface area (Å²) < 4.78 is 9.74. The van der Waals surface area contributed by atoms with E-state index in [1.807, 2.05) is 0 Å². The number of carbonyl (C=O) groups is 2. The van der Waals surface area contributed by atoms with E-state index in [4.69, 9.17) is 9.47 Å². The molecule has 2 amide bonds. The summed E-state index contributed by atoms with van der Waals surface area (Å²) in [5.41, 5.74) is 0.280. The molecule has 0 aliphatic rings. The van der Waals surface area contributed by atoms with Crippen LogP contribution in [0.5, 0.6) is 0 Å². The molecule has 8 nitrogen and oxygen atoms in total. The Bertz CT molecular complexity index is 510. The van der Waals surface area contributed by atoms with E-state index in [0.717, 1.165) is 0 Å². The van der Waals surface area contributed by atoms with Gasteiger partial charge in [0.2, 0.25) is 0 Å². The van der Waals surface area contributed by atoms with Crippen molar-refractivity contribution in [1.82, 2.24) is 10.3 Å². The molecule has 0 radical (unpaired) electrons. The first-order valence-electron chi connectivity index (χ1n) is 7.39. The van der Waals surface area contributed by atoms with Crippen LogP contribution in [-0.4, -0.2) is 57.3 Å². The smallest absolute Gasteiger partial charge is 0.362 e. The number of nitrogens with one attached hydrogen (secondary N) is 2. The number of ether oxygens (including phenoxy) is 2. The van der Waals surface area contributed by atoms with Crippen molar-refractivity contribution in [2.24, 2.45) is 0 Å². The monoisotopic (exact) mass is 325 g/mol. The first-order chi connectivity index (χ1) is 11.1. The van der Waals surface area contributed by atoms with E-state index < -0.39 is 11.0 Å². The van der Waals surface area contributed by atoms with Crippen molar-refractivity contribution in [3.63, 3.8) is 0 Å². The van der Waals surface area contributed by atoms with Crippen molar-refractivity contribution in [2.75, 3.05) is 40.5 Å². The molecule has 1 heterocycles. The Morgan fingerprint density at radius 1 is 1.26 bits per heavy atom. The van der Waals surface area contributed by atoms with Crippen LogP contribution in [0, 0.1) is 5.21 Å². The van der Waals surface area contributed by atoms with E-state index in [9.17, 15) is 14.8 Å². The molecule has 1 rings (SSSR count). The van der Waals surface area contributed by atoms with Gasteiger partial charge >= 0.3 is 5.91 Å². The third kappa shape index (κ3) is 6.83. The highest BCUT2D eigenvalue weighted by Crippen LogP contribution is 2.01. The number of quaternary nitrogens is 1. The van der Waals surface area contributed by atoms with E-state index in [1.54, 1.807) is 7.11 Å². The van der Waals surface area contributed by atoms with Crippen LogP contribution in [0.1, 0.15) is 33.7 Å². The zero-order valence-corrected chi connectivity index (χ0v) is 13.5. The molecule has 0 spiro atoms. The fraction of sp³-hybridized carbons (Fsp3) is 0.533. The Morgan fingerprint density at radius 2 is 1.96 bits per heavy atom. The molecule has 0 aliphatic heterocycles. The zero-order valence-electron chi connectivity index (χ0n) is 13.5. The van der Waals surface area contributed by atoms with Crippen molar-refractivity contribution >= 4 is 11.8 Å². The van der Waals surface area contributed by atoms with Crippen molar-refractivity contribution in [3.8, 4) is 0 Å². The van der Waals surface area contributed by atoms with Crippen molar-refractivity contribution in [2.45, 2.75) is 12.8 Å². The minimum absolute atomic E-state index is 0.0167. The number of nitrogens with zero attached hydrogens (tertiary/aromatic N) is 1. The molecule has 8 heteroatoms. The molecule has 0 saturated heterocycles. The molecule has 0 aromatic carbocycles. The maximum atomic E-state index is 12.0. The van der Waals surface area contributed by atoms with Gasteiger partial charge in [0, 0.05) is 45.6 Å². The molecule has 0 saturated carbocycles. The van der Waals surface area contributed by atoms with E-state index >= 15 is 0 Å². The first kappa shape index (κ1) is 19.2. The van der Waals surface area contributed by atoms with E-state index in [0.29, 0.717) is 38.2 Å². The zero-order chi connectivity index (χ0) is 17.1. The van der Waals surface area contributed by atoms with Gasteiger partial charge in [-0.3, -0.25) is 4.79 Å². The van der Waals surface area contributed by atoms with E-state index in [2.05, 4.69) is 10.3 Å². The van der Waals surface area contributed by atoms with Gasteiger partial charge in [0.25, 0.3) is 5.91 Å². The van der Waals surface area contributed by atoms with Crippen LogP contribution in [0.4, 0.5) is 0 Å². The van der Waals surface area contributed by atoms with Crippen LogP contribution < -0.4 is 10.4 Å². The lowest BCUT2D eigenvalue weighted by atomic mass is 10.2. The van der Waals surface area contributed by atoms with Crippen molar-refractivity contribution in [1.29, 1.82) is 0 Å². The van der Waals surface area contributed by atoms with Crippen LogP contribution in [-0.2, 0) is 9.47 Å². The van der Waals surface area contributed by atoms with Gasteiger partial charge in [-0.2, -0.15) is 0 Å². The number of rotatable bonds is 10. The lowest BCUT2D eigenvalue weighted by Gasteiger charge is -2.18. The Labute approximate surface area is 135 Å². The number of amides is 2. The highest BCUT2D eigenvalue weighted by molar-refractivity contribution is 5.96. The molecule has 1 aromatic rings. The number of carbonyl (C=O) groups excluding carboxylic acids is 2. The van der Waals surface area contributed by atoms with Crippen LogP contribution in [0.3, 0.4) is 0 Å². The second-order valence-electron chi connectivity index (χ2n) is 4.88. The Morgan fingerprint density at radius 3 is 2.65 bits per heavy atom. The minimum Gasteiger partial charge on any atom is -0.626 e. The third-order valence-corrected chi connectivity index (χ3v) is 3.07. The van der Waals surface area contributed by atoms with Crippen LogP contribution >= 0.6 is 0 Å². The molecule has 0 bridgehead atoms. The SMILES string of the molecule is COCCCNC(=O)c1ccnc(C(=O)[NH+]([O-])CCCOC)c1. The van der Waals surface area contributed by atoms with Gasteiger partial charge in [0.05, 0.1) is 13.2 Å². The summed E-state index contributed by atoms with van der Waals surface area (Å²) in [5.74, 6) is -1.00. The summed E-state index contributed by atoms with van der Waals surface area (Å²) in [4.78, 5) is 27.9. The molecule has 1 atom stereocenters. The van der Waals surface area contributed by atoms with Crippen molar-refractivity contribution in [3.05, 3.63) is 34.8 Å². The third-order valence-electron chi connectivity index (χ3n) is 3.07. The lowest BCUT2D eigenvalue weighted by molar-refractivity contribution is -0.758. The quantitative estimate of drug-likeness (QED) is 0.440. The van der Waals surface area contributed by atoms with Crippen LogP contribution in [0.2, 0.25) is 0 Å². The summed E-state index contributed by atoms with van der Waals surface area (Å²) in [6.07, 6.45) is 2.51. The van der Waals surface area contributed by atoms with E-state index in [-0.39, 0.29) is 18.1 Å². The molecule has 2 N–H and O–H groups in total. The predicted molar refractivity (Wildman–Crippen MR) is 83.1 cm³/mol. The average molecular weight is 325 g/mol. The highest BCUT2D eigenvalue weighted by atomic mass is 16.5. The van der Waals surface area contributed by atoms with Gasteiger partial charge in [-0.15, -0.1) is 0 Å². The summed E-state index contributed by atoms with van der Waals surface area (Å²) in [6, 6.07) is 2.83. The molecule has 128 valence electrons. The lowest BCUT2D eigenvalue weighted by Crippen LogP contribution is -3.10. The van der Waals surface area contributed by atoms with Crippen LogP contribution in [0.25, 0.3) is 0 Å². The standard InChI is InChI=1S/C15H23N3O5/c1-22-9-3-6-17-14(19)12-5-7-16-13(11-12)15(20)18(21)8-4-10-23-2/h5,7,11,18H,3-4,6,8-10H2,1-2H3,(H,17,19). The van der Waals surface area contributed by atoms with Gasteiger partial charge in [-0.05, 0) is 18.6 Å². The predicted octanol–water partition coefficient (Wildman–Crippen LogP) is -0.593. The van der Waals surface area contributed by atoms with Gasteiger partial charge < -0.3 is 25.1 Å². The molecule has 0 fully saturated rings. The second-order valence-corrected chi connectivity index (χ2v) is 4.88. The number of methoxy groups -OCH3 is 2. The summed E-state index contributed by atoms with van der Waals surface area (Å²) in [5, 5.41) is 14.0. The number of aromatic nitrogens is 1. The van der Waals surface area contributed by atoms with E-state index in [1.165, 1.54) is 25.4 Å². The van der Waals surface area contributed by atoms with Gasteiger partial charge in [-0.1, -0.05) is 0 Å². The number of pyridine rings is 1. The molecule has 0 aliphatic carbocycles. The number of hydroxylamine groups is 2. The fourth-order valence-electron chi connectivity index (χ4n) is 1.85. The number of hydrogen-bond acceptors (Lipinski definition) is 6. The topological polar surface area (TPSA) is 105 Å². The first-order valence-corrected chi connectivity index (χ1v) is 7.39. The Hall–Kier alpha value is -1.87. The number of hydrogen-bond donors (Lipinski definition) is 2. The van der Waals surface area contributed by atoms with Crippen LogP contribution in [0.15, 0.2) is 18.3 Å². The van der Waals surface area contributed by atoms with Crippen molar-refractivity contribution < 1.29 is 24.1 Å². The van der Waals surface area contributed by atoms with Gasteiger partial charge in [0.15, 0.2) is 5.69 Å². The minimum atomic E-state index is -0.685. The Balaban J connectivity index is 2.61. The second kappa shape index (κ2) is 10.8. The molecular formula is C15H23N3O5. The summed E-state index contributed by atoms with van der Waals surface area (Å²) >= 11 is 0. The molecule has 1 aromatic heterocycles. The van der Waals surface area contributed by atoms with Gasteiger partial charge in [0.1, 0.15) is 0 Å². The molecule has 1 unspecified atom stereocenters.